The zero-order valence-corrected chi connectivity index (χ0v) is 14.0. The predicted octanol–water partition coefficient (Wildman–Crippen LogP) is 4.07. The number of hydrogen-bond acceptors (Lipinski definition) is 3. The number of hydrogen-bond donors (Lipinski definition) is 1. The number of carbonyl (C=O) groups is 1. The van der Waals surface area contributed by atoms with Crippen LogP contribution in [0.3, 0.4) is 0 Å². The lowest BCUT2D eigenvalue weighted by atomic mass is 10.3. The SMILES string of the molecule is O=C(Nc1ccccc1Br)c1ccn(COc2ccccc2F)n1. The van der Waals surface area contributed by atoms with Gasteiger partial charge < -0.3 is 10.1 Å². The van der Waals surface area contributed by atoms with E-state index in [1.54, 1.807) is 30.5 Å². The van der Waals surface area contributed by atoms with Crippen LogP contribution < -0.4 is 10.1 Å². The maximum atomic E-state index is 13.5. The highest BCUT2D eigenvalue weighted by atomic mass is 79.9. The topological polar surface area (TPSA) is 56.2 Å². The number of carbonyl (C=O) groups excluding carboxylic acids is 1. The van der Waals surface area contributed by atoms with Crippen molar-refractivity contribution < 1.29 is 13.9 Å². The van der Waals surface area contributed by atoms with Gasteiger partial charge in [0.1, 0.15) is 0 Å². The van der Waals surface area contributed by atoms with Gasteiger partial charge in [-0.1, -0.05) is 24.3 Å². The van der Waals surface area contributed by atoms with E-state index in [0.29, 0.717) is 5.69 Å². The second kappa shape index (κ2) is 7.27. The van der Waals surface area contributed by atoms with Crippen molar-refractivity contribution in [3.05, 3.63) is 76.8 Å². The molecule has 3 aromatic rings. The highest BCUT2D eigenvalue weighted by Crippen LogP contribution is 2.21. The summed E-state index contributed by atoms with van der Waals surface area (Å²) < 4.78 is 21.0. The highest BCUT2D eigenvalue weighted by molar-refractivity contribution is 9.10. The molecule has 0 aliphatic rings. The minimum absolute atomic E-state index is 0.00322. The van der Waals surface area contributed by atoms with Crippen LogP contribution in [0.15, 0.2) is 65.3 Å². The van der Waals surface area contributed by atoms with Gasteiger partial charge in [0, 0.05) is 10.7 Å². The van der Waals surface area contributed by atoms with E-state index in [4.69, 9.17) is 4.74 Å². The van der Waals surface area contributed by atoms with E-state index in [9.17, 15) is 9.18 Å². The van der Waals surface area contributed by atoms with E-state index in [1.807, 2.05) is 18.2 Å². The first kappa shape index (κ1) is 16.2. The van der Waals surface area contributed by atoms with E-state index in [2.05, 4.69) is 26.3 Å². The van der Waals surface area contributed by atoms with Gasteiger partial charge in [0.05, 0.1) is 5.69 Å². The van der Waals surface area contributed by atoms with Crippen molar-refractivity contribution in [2.45, 2.75) is 6.73 Å². The second-order valence-corrected chi connectivity index (χ2v) is 5.73. The lowest BCUT2D eigenvalue weighted by Crippen LogP contribution is -2.14. The third kappa shape index (κ3) is 3.80. The number of benzene rings is 2. The Balaban J connectivity index is 1.64. The molecule has 0 radical (unpaired) electrons. The van der Waals surface area contributed by atoms with Crippen molar-refractivity contribution in [1.82, 2.24) is 9.78 Å². The average molecular weight is 390 g/mol. The van der Waals surface area contributed by atoms with Crippen LogP contribution in [-0.4, -0.2) is 15.7 Å². The summed E-state index contributed by atoms with van der Waals surface area (Å²) in [4.78, 5) is 12.2. The third-order valence-electron chi connectivity index (χ3n) is 3.18. The molecule has 1 amide bonds. The summed E-state index contributed by atoms with van der Waals surface area (Å²) in [5.74, 6) is -0.657. The van der Waals surface area contributed by atoms with Gasteiger partial charge in [0.25, 0.3) is 5.91 Å². The van der Waals surface area contributed by atoms with Crippen molar-refractivity contribution in [1.29, 1.82) is 0 Å². The third-order valence-corrected chi connectivity index (χ3v) is 3.88. The fraction of sp³-hybridized carbons (Fsp3) is 0.0588. The van der Waals surface area contributed by atoms with Gasteiger partial charge in [0.15, 0.2) is 24.0 Å². The van der Waals surface area contributed by atoms with E-state index in [-0.39, 0.29) is 24.1 Å². The van der Waals surface area contributed by atoms with Crippen LogP contribution in [0.2, 0.25) is 0 Å². The zero-order chi connectivity index (χ0) is 16.9. The number of halogens is 2. The van der Waals surface area contributed by atoms with Crippen LogP contribution in [0.1, 0.15) is 10.5 Å². The summed E-state index contributed by atoms with van der Waals surface area (Å²) >= 11 is 3.36. The number of para-hydroxylation sites is 2. The number of amides is 1. The Morgan fingerprint density at radius 1 is 1.17 bits per heavy atom. The van der Waals surface area contributed by atoms with Crippen LogP contribution in [-0.2, 0) is 6.73 Å². The largest absolute Gasteiger partial charge is 0.468 e. The lowest BCUT2D eigenvalue weighted by Gasteiger charge is -2.07. The smallest absolute Gasteiger partial charge is 0.276 e. The molecule has 2 aromatic carbocycles. The van der Waals surface area contributed by atoms with Crippen molar-refractivity contribution in [3.8, 4) is 5.75 Å². The standard InChI is InChI=1S/C17H13BrFN3O2/c18-12-5-1-3-7-14(12)20-17(23)15-9-10-22(21-15)11-24-16-8-4-2-6-13(16)19/h1-10H,11H2,(H,20,23). The van der Waals surface area contributed by atoms with Crippen molar-refractivity contribution in [2.24, 2.45) is 0 Å². The Bertz CT molecular complexity index is 866. The first-order valence-corrected chi connectivity index (χ1v) is 7.89. The van der Waals surface area contributed by atoms with Crippen molar-refractivity contribution >= 4 is 27.5 Å². The summed E-state index contributed by atoms with van der Waals surface area (Å²) in [6.45, 7) is 0.00322. The Morgan fingerprint density at radius 2 is 1.92 bits per heavy atom. The molecule has 0 aliphatic carbocycles. The Morgan fingerprint density at radius 3 is 2.71 bits per heavy atom. The van der Waals surface area contributed by atoms with Gasteiger partial charge in [-0.15, -0.1) is 0 Å². The first-order valence-electron chi connectivity index (χ1n) is 7.10. The van der Waals surface area contributed by atoms with Gasteiger partial charge in [-0.3, -0.25) is 4.79 Å². The van der Waals surface area contributed by atoms with Crippen LogP contribution in [0.25, 0.3) is 0 Å². The van der Waals surface area contributed by atoms with Crippen LogP contribution in [0, 0.1) is 5.82 Å². The zero-order valence-electron chi connectivity index (χ0n) is 12.4. The van der Waals surface area contributed by atoms with Gasteiger partial charge >= 0.3 is 0 Å². The van der Waals surface area contributed by atoms with Crippen LogP contribution in [0.4, 0.5) is 10.1 Å². The monoisotopic (exact) mass is 389 g/mol. The first-order chi connectivity index (χ1) is 11.6. The highest BCUT2D eigenvalue weighted by Gasteiger charge is 2.11. The van der Waals surface area contributed by atoms with E-state index in [1.165, 1.54) is 16.8 Å². The normalized spacial score (nSPS) is 10.4. The lowest BCUT2D eigenvalue weighted by molar-refractivity contribution is 0.102. The average Bonchev–Trinajstić information content (AvgIpc) is 3.05. The van der Waals surface area contributed by atoms with Crippen molar-refractivity contribution in [2.75, 3.05) is 5.32 Å². The van der Waals surface area contributed by atoms with Crippen LogP contribution >= 0.6 is 15.9 Å². The number of nitrogens with one attached hydrogen (secondary N) is 1. The molecule has 24 heavy (non-hydrogen) atoms. The number of aromatic nitrogens is 2. The minimum atomic E-state index is -0.448. The van der Waals surface area contributed by atoms with Gasteiger partial charge in [-0.2, -0.15) is 5.10 Å². The summed E-state index contributed by atoms with van der Waals surface area (Å²) in [6.07, 6.45) is 1.59. The number of anilines is 1. The molecule has 0 spiro atoms. The molecule has 0 saturated heterocycles. The number of nitrogens with zero attached hydrogens (tertiary/aromatic N) is 2. The fourth-order valence-electron chi connectivity index (χ4n) is 2.00. The molecule has 0 aliphatic heterocycles. The molecule has 0 unspecified atom stereocenters. The summed E-state index contributed by atoms with van der Waals surface area (Å²) in [5.41, 5.74) is 0.891. The van der Waals surface area contributed by atoms with Crippen LogP contribution in [0.5, 0.6) is 5.75 Å². The van der Waals surface area contributed by atoms with E-state index in [0.717, 1.165) is 4.47 Å². The Hall–Kier alpha value is -2.67. The fourth-order valence-corrected chi connectivity index (χ4v) is 2.38. The van der Waals surface area contributed by atoms with E-state index < -0.39 is 5.82 Å². The maximum absolute atomic E-state index is 13.5. The van der Waals surface area contributed by atoms with Crippen molar-refractivity contribution in [3.63, 3.8) is 0 Å². The molecular weight excluding hydrogens is 377 g/mol. The summed E-state index contributed by atoms with van der Waals surface area (Å²) in [6, 6.07) is 15.0. The molecule has 1 aromatic heterocycles. The predicted molar refractivity (Wildman–Crippen MR) is 91.4 cm³/mol. The Kier molecular flexibility index (Phi) is 4.90. The van der Waals surface area contributed by atoms with Gasteiger partial charge in [-0.05, 0) is 46.3 Å². The molecule has 7 heteroatoms. The molecule has 3 rings (SSSR count). The quantitative estimate of drug-likeness (QED) is 0.715. The van der Waals surface area contributed by atoms with E-state index >= 15 is 0 Å². The second-order valence-electron chi connectivity index (χ2n) is 4.88. The molecule has 0 saturated carbocycles. The summed E-state index contributed by atoms with van der Waals surface area (Å²) in [7, 11) is 0. The molecule has 5 nitrogen and oxygen atoms in total. The maximum Gasteiger partial charge on any atom is 0.276 e. The van der Waals surface area contributed by atoms with Gasteiger partial charge in [0.2, 0.25) is 0 Å². The Labute approximate surface area is 146 Å². The number of ether oxygens (including phenoxy) is 1. The summed E-state index contributed by atoms with van der Waals surface area (Å²) in [5, 5.41) is 6.88. The van der Waals surface area contributed by atoms with Gasteiger partial charge in [-0.25, -0.2) is 9.07 Å². The number of rotatable bonds is 5. The minimum Gasteiger partial charge on any atom is -0.468 e. The molecule has 0 bridgehead atoms. The molecule has 1 heterocycles. The molecule has 0 fully saturated rings. The molecule has 122 valence electrons. The molecule has 0 atom stereocenters. The molecule has 1 N–H and O–H groups in total. The molecular formula is C17H13BrFN3O2.